The number of H-pyrrole nitrogens is 1. The first-order valence-electron chi connectivity index (χ1n) is 6.58. The molecule has 6 nitrogen and oxygen atoms in total. The van der Waals surface area contributed by atoms with E-state index in [1.165, 1.54) is 16.8 Å². The number of Topliss-reactive ketones (excluding diaryl/α,β-unsaturated/α-hetero) is 1. The van der Waals surface area contributed by atoms with Gasteiger partial charge in [0.15, 0.2) is 5.78 Å². The third kappa shape index (κ3) is 4.85. The van der Waals surface area contributed by atoms with Crippen LogP contribution in [0, 0.1) is 0 Å². The number of aromatic amines is 1. The quantitative estimate of drug-likeness (QED) is 0.761. The normalized spacial score (nSPS) is 10.5. The van der Waals surface area contributed by atoms with Gasteiger partial charge < -0.3 is 4.74 Å². The van der Waals surface area contributed by atoms with E-state index in [1.807, 2.05) is 30.3 Å². The van der Waals surface area contributed by atoms with Gasteiger partial charge in [-0.15, -0.1) is 0 Å². The van der Waals surface area contributed by atoms with E-state index in [4.69, 9.17) is 4.74 Å². The number of aromatic nitrogens is 2. The molecular formula is C15H16N2O4. The molecule has 0 amide bonds. The predicted molar refractivity (Wildman–Crippen MR) is 77.0 cm³/mol. The van der Waals surface area contributed by atoms with Gasteiger partial charge in [0.25, 0.3) is 5.56 Å². The molecule has 2 aromatic rings. The number of carbonyl (C=O) groups is 1. The summed E-state index contributed by atoms with van der Waals surface area (Å²) < 4.78 is 6.58. The summed E-state index contributed by atoms with van der Waals surface area (Å²) in [4.78, 5) is 36.1. The van der Waals surface area contributed by atoms with Gasteiger partial charge in [0.2, 0.25) is 0 Å². The Labute approximate surface area is 121 Å². The van der Waals surface area contributed by atoms with E-state index < -0.39 is 11.2 Å². The minimum absolute atomic E-state index is 0.0652. The monoisotopic (exact) mass is 288 g/mol. The first-order valence-corrected chi connectivity index (χ1v) is 6.58. The van der Waals surface area contributed by atoms with Crippen molar-refractivity contribution in [3.8, 4) is 0 Å². The maximum absolute atomic E-state index is 11.7. The fourth-order valence-corrected chi connectivity index (χ4v) is 1.79. The molecule has 0 radical (unpaired) electrons. The molecule has 1 aromatic carbocycles. The minimum atomic E-state index is -0.582. The van der Waals surface area contributed by atoms with Gasteiger partial charge >= 0.3 is 5.69 Å². The van der Waals surface area contributed by atoms with Crippen LogP contribution in [0.15, 0.2) is 52.2 Å². The van der Waals surface area contributed by atoms with E-state index >= 15 is 0 Å². The van der Waals surface area contributed by atoms with Crippen LogP contribution in [0.4, 0.5) is 0 Å². The van der Waals surface area contributed by atoms with E-state index in [1.54, 1.807) is 0 Å². The zero-order valence-electron chi connectivity index (χ0n) is 11.5. The largest absolute Gasteiger partial charge is 0.376 e. The van der Waals surface area contributed by atoms with Gasteiger partial charge in [-0.2, -0.15) is 0 Å². The Morgan fingerprint density at radius 3 is 2.62 bits per heavy atom. The zero-order chi connectivity index (χ0) is 15.1. The molecule has 110 valence electrons. The van der Waals surface area contributed by atoms with Gasteiger partial charge in [0, 0.05) is 18.7 Å². The lowest BCUT2D eigenvalue weighted by molar-refractivity contribution is -0.120. The summed E-state index contributed by atoms with van der Waals surface area (Å²) in [5.41, 5.74) is -0.0160. The summed E-state index contributed by atoms with van der Waals surface area (Å²) in [6.07, 6.45) is 1.53. The molecule has 0 aliphatic carbocycles. The first kappa shape index (κ1) is 14.9. The third-order valence-corrected chi connectivity index (χ3v) is 2.88. The van der Waals surface area contributed by atoms with Gasteiger partial charge in [-0.1, -0.05) is 30.3 Å². The van der Waals surface area contributed by atoms with Crippen molar-refractivity contribution in [3.05, 3.63) is 69.0 Å². The summed E-state index contributed by atoms with van der Waals surface area (Å²) in [5, 5.41) is 0. The van der Waals surface area contributed by atoms with E-state index in [-0.39, 0.29) is 18.7 Å². The van der Waals surface area contributed by atoms with Crippen LogP contribution >= 0.6 is 0 Å². The van der Waals surface area contributed by atoms with E-state index in [0.717, 1.165) is 5.56 Å². The average Bonchev–Trinajstić information content (AvgIpc) is 2.48. The fraction of sp³-hybridized carbons (Fsp3) is 0.267. The number of benzene rings is 1. The highest BCUT2D eigenvalue weighted by Gasteiger charge is 2.05. The third-order valence-electron chi connectivity index (χ3n) is 2.88. The van der Waals surface area contributed by atoms with E-state index in [0.29, 0.717) is 13.2 Å². The smallest absolute Gasteiger partial charge is 0.328 e. The molecule has 0 unspecified atom stereocenters. The minimum Gasteiger partial charge on any atom is -0.376 e. The van der Waals surface area contributed by atoms with Crippen LogP contribution in [0.25, 0.3) is 0 Å². The molecule has 0 bridgehead atoms. The van der Waals surface area contributed by atoms with Gasteiger partial charge in [0.1, 0.15) is 0 Å². The zero-order valence-corrected chi connectivity index (χ0v) is 11.5. The molecule has 21 heavy (non-hydrogen) atoms. The molecule has 0 spiro atoms. The molecular weight excluding hydrogens is 272 g/mol. The summed E-state index contributed by atoms with van der Waals surface area (Å²) >= 11 is 0. The maximum Gasteiger partial charge on any atom is 0.328 e. The molecule has 1 aromatic heterocycles. The van der Waals surface area contributed by atoms with Gasteiger partial charge in [-0.05, 0) is 5.56 Å². The number of carbonyl (C=O) groups excluding carboxylic acids is 1. The Morgan fingerprint density at radius 2 is 1.90 bits per heavy atom. The average molecular weight is 288 g/mol. The van der Waals surface area contributed by atoms with Crippen LogP contribution in [-0.4, -0.2) is 21.9 Å². The Balaban J connectivity index is 1.75. The molecule has 0 saturated heterocycles. The van der Waals surface area contributed by atoms with Crippen LogP contribution in [0.5, 0.6) is 0 Å². The van der Waals surface area contributed by atoms with Gasteiger partial charge in [-0.3, -0.25) is 19.1 Å². The number of rotatable bonds is 7. The van der Waals surface area contributed by atoms with Crippen molar-refractivity contribution < 1.29 is 9.53 Å². The van der Waals surface area contributed by atoms with Crippen molar-refractivity contribution in [3.63, 3.8) is 0 Å². The topological polar surface area (TPSA) is 81.2 Å². The Hall–Kier alpha value is -2.47. The molecule has 2 rings (SSSR count). The SMILES string of the molecule is O=C(CCOCc1ccccc1)Cn1ccc(=O)[nH]c1=O. The number of ketones is 1. The van der Waals surface area contributed by atoms with Crippen molar-refractivity contribution in [1.29, 1.82) is 0 Å². The summed E-state index contributed by atoms with van der Waals surface area (Å²) in [5.74, 6) is -0.128. The number of nitrogens with zero attached hydrogens (tertiary/aromatic N) is 1. The molecule has 1 heterocycles. The summed E-state index contributed by atoms with van der Waals surface area (Å²) in [6.45, 7) is 0.683. The van der Waals surface area contributed by atoms with Crippen LogP contribution in [0.2, 0.25) is 0 Å². The van der Waals surface area contributed by atoms with Crippen molar-refractivity contribution in [2.75, 3.05) is 6.61 Å². The maximum atomic E-state index is 11.7. The highest BCUT2D eigenvalue weighted by Crippen LogP contribution is 2.01. The van der Waals surface area contributed by atoms with Crippen molar-refractivity contribution >= 4 is 5.78 Å². The van der Waals surface area contributed by atoms with Crippen LogP contribution < -0.4 is 11.2 Å². The standard InChI is InChI=1S/C15H16N2O4/c18-13(10-17-8-6-14(19)16-15(17)20)7-9-21-11-12-4-2-1-3-5-12/h1-6,8H,7,9-11H2,(H,16,19,20). The molecule has 1 N–H and O–H groups in total. The van der Waals surface area contributed by atoms with E-state index in [9.17, 15) is 14.4 Å². The second kappa shape index (κ2) is 7.35. The molecule has 6 heteroatoms. The number of hydrogen-bond acceptors (Lipinski definition) is 4. The Kier molecular flexibility index (Phi) is 5.22. The molecule has 0 aliphatic rings. The van der Waals surface area contributed by atoms with Gasteiger partial charge in [-0.25, -0.2) is 4.79 Å². The lowest BCUT2D eigenvalue weighted by atomic mass is 10.2. The number of ether oxygens (including phenoxy) is 1. The van der Waals surface area contributed by atoms with Crippen LogP contribution in [-0.2, 0) is 22.7 Å². The number of hydrogen-bond donors (Lipinski definition) is 1. The molecule has 0 fully saturated rings. The Morgan fingerprint density at radius 1 is 1.14 bits per heavy atom. The van der Waals surface area contributed by atoms with Crippen LogP contribution in [0.1, 0.15) is 12.0 Å². The highest BCUT2D eigenvalue weighted by molar-refractivity contribution is 5.78. The fourth-order valence-electron chi connectivity index (χ4n) is 1.79. The summed E-state index contributed by atoms with van der Waals surface area (Å²) in [6, 6.07) is 10.9. The molecule has 0 saturated carbocycles. The van der Waals surface area contributed by atoms with Gasteiger partial charge in [0.05, 0.1) is 19.8 Å². The first-order chi connectivity index (χ1) is 10.1. The van der Waals surface area contributed by atoms with Crippen molar-refractivity contribution in [2.45, 2.75) is 19.6 Å². The second-order valence-electron chi connectivity index (χ2n) is 4.56. The Bertz CT molecular complexity index is 703. The predicted octanol–water partition coefficient (Wildman–Crippen LogP) is 0.713. The summed E-state index contributed by atoms with van der Waals surface area (Å²) in [7, 11) is 0. The van der Waals surface area contributed by atoms with Crippen molar-refractivity contribution in [2.24, 2.45) is 0 Å². The van der Waals surface area contributed by atoms with Crippen molar-refractivity contribution in [1.82, 2.24) is 9.55 Å². The molecule has 0 aliphatic heterocycles. The lowest BCUT2D eigenvalue weighted by Gasteiger charge is -2.05. The van der Waals surface area contributed by atoms with Crippen LogP contribution in [0.3, 0.4) is 0 Å². The lowest BCUT2D eigenvalue weighted by Crippen LogP contribution is -2.31. The molecule has 0 atom stereocenters. The highest BCUT2D eigenvalue weighted by atomic mass is 16.5. The number of nitrogens with one attached hydrogen (secondary N) is 1. The second-order valence-corrected chi connectivity index (χ2v) is 4.56. The van der Waals surface area contributed by atoms with E-state index in [2.05, 4.69) is 4.98 Å².